The van der Waals surface area contributed by atoms with Crippen molar-refractivity contribution in [1.29, 1.82) is 0 Å². The Morgan fingerprint density at radius 1 is 1.36 bits per heavy atom. The number of hydrogen-bond donors (Lipinski definition) is 1. The van der Waals surface area contributed by atoms with Crippen LogP contribution in [-0.4, -0.2) is 62.4 Å². The first-order chi connectivity index (χ1) is 10.6. The Morgan fingerprint density at radius 3 is 2.86 bits per heavy atom. The van der Waals surface area contributed by atoms with Crippen LogP contribution in [0.1, 0.15) is 46.0 Å². The molecule has 1 amide bonds. The fraction of sp³-hybridized carbons (Fsp3) is 0.941. The van der Waals surface area contributed by atoms with Gasteiger partial charge in [-0.15, -0.1) is 0 Å². The van der Waals surface area contributed by atoms with E-state index in [4.69, 9.17) is 9.47 Å². The van der Waals surface area contributed by atoms with Crippen molar-refractivity contribution < 1.29 is 14.3 Å². The first-order valence-electron chi connectivity index (χ1n) is 8.84. The molecule has 0 bridgehead atoms. The van der Waals surface area contributed by atoms with Gasteiger partial charge in [-0.2, -0.15) is 0 Å². The van der Waals surface area contributed by atoms with Crippen molar-refractivity contribution in [3.63, 3.8) is 0 Å². The molecule has 1 saturated heterocycles. The minimum Gasteiger partial charge on any atom is -0.379 e. The van der Waals surface area contributed by atoms with Crippen LogP contribution < -0.4 is 5.32 Å². The Labute approximate surface area is 134 Å². The molecule has 2 aliphatic rings. The van der Waals surface area contributed by atoms with Crippen LogP contribution in [0.5, 0.6) is 0 Å². The van der Waals surface area contributed by atoms with Crippen molar-refractivity contribution in [3.05, 3.63) is 0 Å². The number of morpholine rings is 1. The number of nitrogens with one attached hydrogen (secondary N) is 1. The number of carbonyl (C=O) groups excluding carboxylic acids is 1. The SMILES string of the molecule is CC1CCCC(OCC(=O)NC(C)CCN2CCOCC2)C1. The number of hydrogen-bond acceptors (Lipinski definition) is 4. The van der Waals surface area contributed by atoms with Gasteiger partial charge in [0.05, 0.1) is 19.3 Å². The quantitative estimate of drug-likeness (QED) is 0.779. The molecule has 2 fully saturated rings. The third kappa shape index (κ3) is 6.63. The van der Waals surface area contributed by atoms with Crippen molar-refractivity contribution in [3.8, 4) is 0 Å². The Morgan fingerprint density at radius 2 is 2.14 bits per heavy atom. The number of rotatable bonds is 7. The molecule has 128 valence electrons. The van der Waals surface area contributed by atoms with Gasteiger partial charge in [0.2, 0.25) is 5.91 Å². The van der Waals surface area contributed by atoms with Crippen LogP contribution in [0.15, 0.2) is 0 Å². The van der Waals surface area contributed by atoms with Crippen molar-refractivity contribution in [2.75, 3.05) is 39.5 Å². The van der Waals surface area contributed by atoms with Gasteiger partial charge in [-0.25, -0.2) is 0 Å². The van der Waals surface area contributed by atoms with E-state index in [0.717, 1.165) is 58.0 Å². The Bertz CT molecular complexity index is 332. The second-order valence-electron chi connectivity index (χ2n) is 6.92. The predicted octanol–water partition coefficient (Wildman–Crippen LogP) is 1.81. The molecule has 0 aromatic heterocycles. The molecular formula is C17H32N2O3. The summed E-state index contributed by atoms with van der Waals surface area (Å²) in [6.07, 6.45) is 5.97. The molecule has 1 saturated carbocycles. The van der Waals surface area contributed by atoms with Crippen molar-refractivity contribution in [2.24, 2.45) is 5.92 Å². The molecule has 1 aliphatic carbocycles. The Hall–Kier alpha value is -0.650. The molecule has 22 heavy (non-hydrogen) atoms. The zero-order valence-corrected chi connectivity index (χ0v) is 14.2. The second-order valence-corrected chi connectivity index (χ2v) is 6.92. The van der Waals surface area contributed by atoms with Gasteiger partial charge in [0.25, 0.3) is 0 Å². The van der Waals surface area contributed by atoms with Crippen LogP contribution in [0.25, 0.3) is 0 Å². The van der Waals surface area contributed by atoms with Gasteiger partial charge in [0.15, 0.2) is 0 Å². The minimum atomic E-state index is 0.0210. The van der Waals surface area contributed by atoms with Crippen LogP contribution >= 0.6 is 0 Å². The first-order valence-corrected chi connectivity index (χ1v) is 8.84. The van der Waals surface area contributed by atoms with Gasteiger partial charge >= 0.3 is 0 Å². The molecule has 0 spiro atoms. The molecule has 1 heterocycles. The molecule has 5 heteroatoms. The number of carbonyl (C=O) groups is 1. The van der Waals surface area contributed by atoms with E-state index < -0.39 is 0 Å². The number of amides is 1. The minimum absolute atomic E-state index is 0.0210. The highest BCUT2D eigenvalue weighted by molar-refractivity contribution is 5.77. The van der Waals surface area contributed by atoms with E-state index in [1.54, 1.807) is 0 Å². The van der Waals surface area contributed by atoms with Gasteiger partial charge in [-0.1, -0.05) is 19.8 Å². The van der Waals surface area contributed by atoms with Crippen molar-refractivity contribution in [1.82, 2.24) is 10.2 Å². The molecule has 1 N–H and O–H groups in total. The summed E-state index contributed by atoms with van der Waals surface area (Å²) in [5, 5.41) is 3.05. The summed E-state index contributed by atoms with van der Waals surface area (Å²) in [7, 11) is 0. The lowest BCUT2D eigenvalue weighted by Crippen LogP contribution is -2.41. The lowest BCUT2D eigenvalue weighted by Gasteiger charge is -2.28. The van der Waals surface area contributed by atoms with Gasteiger partial charge in [-0.3, -0.25) is 9.69 Å². The zero-order valence-electron chi connectivity index (χ0n) is 14.2. The van der Waals surface area contributed by atoms with Crippen LogP contribution in [0.4, 0.5) is 0 Å². The van der Waals surface area contributed by atoms with E-state index in [-0.39, 0.29) is 24.7 Å². The van der Waals surface area contributed by atoms with Gasteiger partial charge in [-0.05, 0) is 32.1 Å². The lowest BCUT2D eigenvalue weighted by molar-refractivity contribution is -0.129. The van der Waals surface area contributed by atoms with Crippen molar-refractivity contribution >= 4 is 5.91 Å². The van der Waals surface area contributed by atoms with Crippen LogP contribution in [-0.2, 0) is 14.3 Å². The van der Waals surface area contributed by atoms with E-state index in [1.807, 2.05) is 0 Å². The third-order valence-corrected chi connectivity index (χ3v) is 4.73. The third-order valence-electron chi connectivity index (χ3n) is 4.73. The fourth-order valence-electron chi connectivity index (χ4n) is 3.31. The highest BCUT2D eigenvalue weighted by atomic mass is 16.5. The van der Waals surface area contributed by atoms with Gasteiger partial charge in [0, 0.05) is 25.7 Å². The molecule has 2 rings (SSSR count). The van der Waals surface area contributed by atoms with E-state index in [0.29, 0.717) is 0 Å². The maximum absolute atomic E-state index is 12.0. The van der Waals surface area contributed by atoms with Crippen LogP contribution in [0.3, 0.4) is 0 Å². The van der Waals surface area contributed by atoms with Gasteiger partial charge in [0.1, 0.15) is 6.61 Å². The summed E-state index contributed by atoms with van der Waals surface area (Å²) in [5.74, 6) is 0.752. The summed E-state index contributed by atoms with van der Waals surface area (Å²) in [5.41, 5.74) is 0. The van der Waals surface area contributed by atoms with Gasteiger partial charge < -0.3 is 14.8 Å². The second kappa shape index (κ2) is 9.48. The average molecular weight is 312 g/mol. The molecular weight excluding hydrogens is 280 g/mol. The maximum Gasteiger partial charge on any atom is 0.246 e. The van der Waals surface area contributed by atoms with Crippen LogP contribution in [0.2, 0.25) is 0 Å². The monoisotopic (exact) mass is 312 g/mol. The molecule has 3 unspecified atom stereocenters. The van der Waals surface area contributed by atoms with E-state index in [9.17, 15) is 4.79 Å². The molecule has 0 aromatic rings. The summed E-state index contributed by atoms with van der Waals surface area (Å²) >= 11 is 0. The molecule has 5 nitrogen and oxygen atoms in total. The average Bonchev–Trinajstić information content (AvgIpc) is 2.52. The van der Waals surface area contributed by atoms with Crippen LogP contribution in [0, 0.1) is 5.92 Å². The highest BCUT2D eigenvalue weighted by Crippen LogP contribution is 2.25. The largest absolute Gasteiger partial charge is 0.379 e. The topological polar surface area (TPSA) is 50.8 Å². The fourth-order valence-corrected chi connectivity index (χ4v) is 3.31. The van der Waals surface area contributed by atoms with E-state index in [1.165, 1.54) is 12.8 Å². The summed E-state index contributed by atoms with van der Waals surface area (Å²) in [6, 6.07) is 0.198. The van der Waals surface area contributed by atoms with E-state index >= 15 is 0 Å². The van der Waals surface area contributed by atoms with Crippen molar-refractivity contribution in [2.45, 2.75) is 58.1 Å². The molecule has 0 radical (unpaired) electrons. The number of nitrogens with zero attached hydrogens (tertiary/aromatic N) is 1. The summed E-state index contributed by atoms with van der Waals surface area (Å²) in [6.45, 7) is 9.23. The smallest absolute Gasteiger partial charge is 0.246 e. The Balaban J connectivity index is 1.55. The molecule has 0 aromatic carbocycles. The molecule has 1 aliphatic heterocycles. The lowest BCUT2D eigenvalue weighted by atomic mass is 9.89. The predicted molar refractivity (Wildman–Crippen MR) is 86.9 cm³/mol. The maximum atomic E-state index is 12.0. The van der Waals surface area contributed by atoms with E-state index in [2.05, 4.69) is 24.1 Å². The normalized spacial score (nSPS) is 28.3. The highest BCUT2D eigenvalue weighted by Gasteiger charge is 2.20. The first kappa shape index (κ1) is 17.7. The number of ether oxygens (including phenoxy) is 2. The summed E-state index contributed by atoms with van der Waals surface area (Å²) < 4.78 is 11.1. The summed E-state index contributed by atoms with van der Waals surface area (Å²) in [4.78, 5) is 14.4. The standard InChI is InChI=1S/C17H32N2O3/c1-14-4-3-5-16(12-14)22-13-17(20)18-15(2)6-7-19-8-10-21-11-9-19/h14-16H,3-13H2,1-2H3,(H,18,20). The Kier molecular flexibility index (Phi) is 7.63. The zero-order chi connectivity index (χ0) is 15.8. The molecule has 3 atom stereocenters.